The number of piperidine rings is 1. The van der Waals surface area contributed by atoms with Crippen molar-refractivity contribution in [1.29, 1.82) is 0 Å². The number of carbonyl (C=O) groups excluding carboxylic acids is 1. The summed E-state index contributed by atoms with van der Waals surface area (Å²) < 4.78 is 56.0. The molecule has 0 bridgehead atoms. The van der Waals surface area contributed by atoms with E-state index in [-0.39, 0.29) is 18.1 Å². The van der Waals surface area contributed by atoms with Crippen molar-refractivity contribution >= 4 is 11.9 Å². The molecule has 0 spiro atoms. The average molecular weight is 249 g/mol. The first-order valence-electron chi connectivity index (χ1n) is 4.07. The number of carbonyl (C=O) groups is 2. The molecule has 0 radical (unpaired) electrons. The third kappa shape index (κ3) is 4.89. The van der Waals surface area contributed by atoms with Crippen LogP contribution in [0.3, 0.4) is 0 Å². The van der Waals surface area contributed by atoms with Crippen LogP contribution in [0.25, 0.3) is 0 Å². The van der Waals surface area contributed by atoms with Gasteiger partial charge in [-0.15, -0.1) is 0 Å². The molecule has 1 N–H and O–H groups in total. The molecule has 1 heterocycles. The number of hydrogen-bond donors (Lipinski definition) is 1. The summed E-state index contributed by atoms with van der Waals surface area (Å²) in [5.41, 5.74) is 0. The quantitative estimate of drug-likeness (QED) is 0.522. The Kier molecular flexibility index (Phi) is 5.12. The summed E-state index contributed by atoms with van der Waals surface area (Å²) in [5, 5.41) is 7.06. The van der Waals surface area contributed by atoms with Gasteiger partial charge in [-0.25, -0.2) is 9.18 Å². The molecule has 1 amide bonds. The van der Waals surface area contributed by atoms with Gasteiger partial charge in [0.15, 0.2) is 6.17 Å². The van der Waals surface area contributed by atoms with E-state index < -0.39 is 24.2 Å². The zero-order valence-electron chi connectivity index (χ0n) is 7.80. The number of hydrogen-bond acceptors (Lipinski definition) is 2. The molecular weight excluding hydrogens is 241 g/mol. The zero-order chi connectivity index (χ0) is 12.9. The highest BCUT2D eigenvalue weighted by atomic mass is 19.4. The second kappa shape index (κ2) is 5.61. The number of aliphatic carboxylic acids is 1. The molecular formula is C7H8F5NO3. The van der Waals surface area contributed by atoms with E-state index in [1.54, 1.807) is 0 Å². The summed E-state index contributed by atoms with van der Waals surface area (Å²) in [4.78, 5) is 19.2. The van der Waals surface area contributed by atoms with Gasteiger partial charge < -0.3 is 5.11 Å². The SMILES string of the molecule is O=C(O)C(F)(F)F.O=C1C(F)CCCN1F. The minimum atomic E-state index is -5.08. The normalized spacial score (nSPS) is 21.2. The van der Waals surface area contributed by atoms with Crippen LogP contribution in [0, 0.1) is 0 Å². The molecule has 9 heteroatoms. The van der Waals surface area contributed by atoms with E-state index in [2.05, 4.69) is 0 Å². The van der Waals surface area contributed by atoms with Crippen LogP contribution in [-0.4, -0.2) is 41.0 Å². The zero-order valence-corrected chi connectivity index (χ0v) is 7.80. The van der Waals surface area contributed by atoms with Crippen LogP contribution in [0.4, 0.5) is 22.0 Å². The summed E-state index contributed by atoms with van der Waals surface area (Å²) >= 11 is 0. The van der Waals surface area contributed by atoms with Gasteiger partial charge in [0.25, 0.3) is 5.91 Å². The van der Waals surface area contributed by atoms with E-state index in [1.165, 1.54) is 0 Å². The number of amides is 1. The largest absolute Gasteiger partial charge is 0.490 e. The van der Waals surface area contributed by atoms with Gasteiger partial charge in [-0.05, 0) is 12.8 Å². The van der Waals surface area contributed by atoms with Crippen LogP contribution in [-0.2, 0) is 9.59 Å². The number of nitrogens with zero attached hydrogens (tertiary/aromatic N) is 1. The summed E-state index contributed by atoms with van der Waals surface area (Å²) in [7, 11) is 0. The first-order chi connectivity index (χ1) is 7.16. The Balaban J connectivity index is 0.000000293. The fourth-order valence-electron chi connectivity index (χ4n) is 0.795. The van der Waals surface area contributed by atoms with Gasteiger partial charge in [0.2, 0.25) is 0 Å². The lowest BCUT2D eigenvalue weighted by atomic mass is 10.1. The van der Waals surface area contributed by atoms with Crippen LogP contribution in [0.1, 0.15) is 12.8 Å². The molecule has 16 heavy (non-hydrogen) atoms. The van der Waals surface area contributed by atoms with E-state index in [1.807, 2.05) is 0 Å². The molecule has 1 saturated heterocycles. The van der Waals surface area contributed by atoms with E-state index in [0.717, 1.165) is 0 Å². The Bertz CT molecular complexity index is 255. The predicted molar refractivity (Wildman–Crippen MR) is 40.6 cm³/mol. The van der Waals surface area contributed by atoms with Gasteiger partial charge in [0.05, 0.1) is 6.54 Å². The molecule has 0 aliphatic carbocycles. The first kappa shape index (κ1) is 14.6. The fraction of sp³-hybridized carbons (Fsp3) is 0.714. The standard InChI is InChI=1S/C5H7F2NO.C2HF3O2/c6-4-2-1-3-8(7)5(4)9;3-2(4,5)1(6)7/h4H,1-3H2;(H,6,7). The Morgan fingerprint density at radius 3 is 2.12 bits per heavy atom. The number of rotatable bonds is 0. The Morgan fingerprint density at radius 2 is 1.88 bits per heavy atom. The lowest BCUT2D eigenvalue weighted by molar-refractivity contribution is -0.192. The number of carboxylic acids is 1. The maximum absolute atomic E-state index is 12.2. The second-order valence-corrected chi connectivity index (χ2v) is 2.84. The van der Waals surface area contributed by atoms with Crippen molar-refractivity contribution in [2.75, 3.05) is 6.54 Å². The molecule has 0 aromatic heterocycles. The van der Waals surface area contributed by atoms with Crippen LogP contribution in [0.15, 0.2) is 0 Å². The molecule has 1 unspecified atom stereocenters. The van der Waals surface area contributed by atoms with Crippen LogP contribution < -0.4 is 0 Å². The third-order valence-electron chi connectivity index (χ3n) is 1.56. The molecule has 0 aromatic carbocycles. The van der Waals surface area contributed by atoms with Crippen molar-refractivity contribution in [1.82, 2.24) is 5.12 Å². The molecule has 1 aliphatic heterocycles. The monoisotopic (exact) mass is 249 g/mol. The van der Waals surface area contributed by atoms with Gasteiger partial charge >= 0.3 is 12.1 Å². The number of carboxylic acid groups (broad SMARTS) is 1. The van der Waals surface area contributed by atoms with Crippen LogP contribution in [0.2, 0.25) is 0 Å². The maximum Gasteiger partial charge on any atom is 0.490 e. The second-order valence-electron chi connectivity index (χ2n) is 2.84. The van der Waals surface area contributed by atoms with Crippen molar-refractivity contribution in [3.63, 3.8) is 0 Å². The predicted octanol–water partition coefficient (Wildman–Crippen LogP) is 1.46. The number of halogens is 5. The van der Waals surface area contributed by atoms with E-state index in [4.69, 9.17) is 9.90 Å². The topological polar surface area (TPSA) is 57.6 Å². The van der Waals surface area contributed by atoms with Gasteiger partial charge in [-0.2, -0.15) is 18.3 Å². The van der Waals surface area contributed by atoms with E-state index in [0.29, 0.717) is 6.42 Å². The molecule has 1 fully saturated rings. The summed E-state index contributed by atoms with van der Waals surface area (Å²) in [6, 6.07) is 0. The molecule has 1 atom stereocenters. The van der Waals surface area contributed by atoms with Gasteiger partial charge in [-0.1, -0.05) is 4.48 Å². The van der Waals surface area contributed by atoms with E-state index in [9.17, 15) is 26.8 Å². The van der Waals surface area contributed by atoms with Crippen LogP contribution in [0.5, 0.6) is 0 Å². The minimum Gasteiger partial charge on any atom is -0.475 e. The van der Waals surface area contributed by atoms with Crippen molar-refractivity contribution < 1.29 is 36.7 Å². The Morgan fingerprint density at radius 1 is 1.44 bits per heavy atom. The van der Waals surface area contributed by atoms with Gasteiger partial charge in [0, 0.05) is 0 Å². The summed E-state index contributed by atoms with van der Waals surface area (Å²) in [5.74, 6) is -3.78. The van der Waals surface area contributed by atoms with E-state index >= 15 is 0 Å². The first-order valence-corrected chi connectivity index (χ1v) is 4.07. The molecule has 1 rings (SSSR count). The van der Waals surface area contributed by atoms with Crippen LogP contribution >= 0.6 is 0 Å². The lowest BCUT2D eigenvalue weighted by Gasteiger charge is -2.19. The summed E-state index contributed by atoms with van der Waals surface area (Å²) in [6.07, 6.45) is -6.10. The molecule has 0 aromatic rings. The highest BCUT2D eigenvalue weighted by molar-refractivity contribution is 5.80. The Hall–Kier alpha value is -1.41. The lowest BCUT2D eigenvalue weighted by Crippen LogP contribution is -2.36. The third-order valence-corrected chi connectivity index (χ3v) is 1.56. The average Bonchev–Trinajstić information content (AvgIpc) is 2.13. The van der Waals surface area contributed by atoms with Gasteiger partial charge in [-0.3, -0.25) is 4.79 Å². The Labute approximate surface area is 86.6 Å². The summed E-state index contributed by atoms with van der Waals surface area (Å²) in [6.45, 7) is 0.0409. The maximum atomic E-state index is 12.2. The van der Waals surface area contributed by atoms with Crippen molar-refractivity contribution in [2.45, 2.75) is 25.2 Å². The minimum absolute atomic E-state index is 0.0409. The van der Waals surface area contributed by atoms with Crippen molar-refractivity contribution in [3.05, 3.63) is 0 Å². The molecule has 94 valence electrons. The van der Waals surface area contributed by atoms with Crippen molar-refractivity contribution in [2.24, 2.45) is 0 Å². The van der Waals surface area contributed by atoms with Gasteiger partial charge in [0.1, 0.15) is 0 Å². The highest BCUT2D eigenvalue weighted by Crippen LogP contribution is 2.14. The highest BCUT2D eigenvalue weighted by Gasteiger charge is 2.38. The molecule has 0 saturated carbocycles. The smallest absolute Gasteiger partial charge is 0.475 e. The van der Waals surface area contributed by atoms with Crippen molar-refractivity contribution in [3.8, 4) is 0 Å². The fourth-order valence-corrected chi connectivity index (χ4v) is 0.795. The number of alkyl halides is 4. The molecule has 4 nitrogen and oxygen atoms in total. The molecule has 1 aliphatic rings.